The molecule has 0 bridgehead atoms. The number of nitro groups is 2. The molecule has 0 aliphatic rings. The minimum atomic E-state index is -1.99. The maximum atomic E-state index is 12.1. The van der Waals surface area contributed by atoms with Crippen molar-refractivity contribution in [3.05, 3.63) is 67.8 Å². The quantitative estimate of drug-likeness (QED) is 0.334. The first-order chi connectivity index (χ1) is 14.7. The number of nitrogens with zero attached hydrogens (tertiary/aromatic N) is 2. The lowest BCUT2D eigenvalue weighted by atomic mass is 10.1. The van der Waals surface area contributed by atoms with Crippen LogP contribution >= 0.6 is 0 Å². The number of hydrogen-bond donors (Lipinski definition) is 1. The average molecular weight is 467 g/mol. The molecule has 13 heteroatoms. The molecule has 0 amide bonds. The molecule has 11 nitrogen and oxygen atoms in total. The normalized spacial score (nSPS) is 12.2. The van der Waals surface area contributed by atoms with Crippen LogP contribution in [-0.2, 0) is 28.4 Å². The number of nitrogens with one attached hydrogen (secondary N) is 1. The molecule has 0 aliphatic heterocycles. The number of nitro benzene ring substituents is 2. The van der Waals surface area contributed by atoms with E-state index in [0.717, 1.165) is 0 Å². The molecule has 2 unspecified atom stereocenters. The molecule has 0 aliphatic carbocycles. The Morgan fingerprint density at radius 3 is 2.13 bits per heavy atom. The van der Waals surface area contributed by atoms with Crippen LogP contribution < -0.4 is 13.6 Å². The van der Waals surface area contributed by atoms with E-state index in [2.05, 4.69) is 15.3 Å². The Labute approximate surface area is 182 Å². The molecule has 0 aromatic heterocycles. The van der Waals surface area contributed by atoms with E-state index in [-0.39, 0.29) is 40.6 Å². The zero-order valence-electron chi connectivity index (χ0n) is 16.4. The third-order valence-electron chi connectivity index (χ3n) is 3.85. The van der Waals surface area contributed by atoms with E-state index in [1.54, 1.807) is 6.07 Å². The van der Waals surface area contributed by atoms with Crippen molar-refractivity contribution in [2.75, 3.05) is 20.0 Å². The van der Waals surface area contributed by atoms with E-state index in [9.17, 15) is 28.6 Å². The van der Waals surface area contributed by atoms with E-state index in [0.29, 0.717) is 5.56 Å². The predicted molar refractivity (Wildman–Crippen MR) is 114 cm³/mol. The third kappa shape index (κ3) is 6.85. The Morgan fingerprint density at radius 1 is 0.968 bits per heavy atom. The summed E-state index contributed by atoms with van der Waals surface area (Å²) in [7, 11) is -1.10. The Kier molecular flexibility index (Phi) is 8.62. The molecule has 1 N–H and O–H groups in total. The van der Waals surface area contributed by atoms with Gasteiger partial charge in [0.25, 0.3) is 0 Å². The molecule has 2 rings (SSSR count). The van der Waals surface area contributed by atoms with Crippen LogP contribution in [-0.4, -0.2) is 38.2 Å². The van der Waals surface area contributed by atoms with Gasteiger partial charge in [-0.05, 0) is 30.2 Å². The van der Waals surface area contributed by atoms with Gasteiger partial charge >= 0.3 is 11.4 Å². The van der Waals surface area contributed by atoms with Gasteiger partial charge in [0.2, 0.25) is 0 Å². The van der Waals surface area contributed by atoms with E-state index < -0.39 is 31.8 Å². The van der Waals surface area contributed by atoms with Crippen molar-refractivity contribution in [3.63, 3.8) is 0 Å². The Bertz CT molecular complexity index is 1110. The van der Waals surface area contributed by atoms with E-state index in [1.807, 2.05) is 0 Å². The molecule has 2 aromatic carbocycles. The zero-order valence-corrected chi connectivity index (χ0v) is 18.0. The summed E-state index contributed by atoms with van der Waals surface area (Å²) in [4.78, 5) is 20.9. The SMILES string of the molecule is COc1ccc(C#CS(=O)NS(=O)CCc2ccc(OC)c([N+](=O)[O-])c2)cc1[N+](=O)[O-]. The third-order valence-corrected chi connectivity index (χ3v) is 6.06. The smallest absolute Gasteiger partial charge is 0.312 e. The van der Waals surface area contributed by atoms with Gasteiger partial charge in [-0.2, -0.15) is 0 Å². The maximum Gasteiger partial charge on any atom is 0.312 e. The molecule has 31 heavy (non-hydrogen) atoms. The monoisotopic (exact) mass is 467 g/mol. The summed E-state index contributed by atoms with van der Waals surface area (Å²) in [5.74, 6) is 2.72. The van der Waals surface area contributed by atoms with Gasteiger partial charge in [0.05, 0.1) is 24.1 Å². The Hall–Kier alpha value is -3.34. The Balaban J connectivity index is 1.98. The van der Waals surface area contributed by atoms with Crippen molar-refractivity contribution in [2.24, 2.45) is 0 Å². The van der Waals surface area contributed by atoms with Gasteiger partial charge in [-0.3, -0.25) is 20.2 Å². The molecule has 0 radical (unpaired) electrons. The summed E-state index contributed by atoms with van der Waals surface area (Å²) >= 11 is 0. The van der Waals surface area contributed by atoms with Crippen LogP contribution in [0.5, 0.6) is 11.5 Å². The lowest BCUT2D eigenvalue weighted by Crippen LogP contribution is -2.22. The average Bonchev–Trinajstić information content (AvgIpc) is 2.75. The molecule has 0 heterocycles. The lowest BCUT2D eigenvalue weighted by Gasteiger charge is -2.05. The molecule has 0 saturated carbocycles. The topological polar surface area (TPSA) is 151 Å². The summed E-state index contributed by atoms with van der Waals surface area (Å²) in [6.45, 7) is 0. The van der Waals surface area contributed by atoms with E-state index in [4.69, 9.17) is 9.47 Å². The number of methoxy groups -OCH3 is 2. The highest BCUT2D eigenvalue weighted by Gasteiger charge is 2.16. The first kappa shape index (κ1) is 23.9. The van der Waals surface area contributed by atoms with Gasteiger partial charge < -0.3 is 9.47 Å². The maximum absolute atomic E-state index is 12.1. The zero-order chi connectivity index (χ0) is 23.0. The summed E-state index contributed by atoms with van der Waals surface area (Å²) in [5.41, 5.74) is 0.302. The highest BCUT2D eigenvalue weighted by atomic mass is 32.3. The van der Waals surface area contributed by atoms with Crippen LogP contribution in [0, 0.1) is 31.4 Å². The highest BCUT2D eigenvalue weighted by Crippen LogP contribution is 2.28. The fourth-order valence-electron chi connectivity index (χ4n) is 2.41. The number of ether oxygens (including phenoxy) is 2. The van der Waals surface area contributed by atoms with Crippen molar-refractivity contribution in [1.29, 1.82) is 0 Å². The molecule has 0 fully saturated rings. The van der Waals surface area contributed by atoms with Gasteiger partial charge in [0.15, 0.2) is 22.5 Å². The number of hydrogen-bond acceptors (Lipinski definition) is 8. The summed E-state index contributed by atoms with van der Waals surface area (Å²) in [5, 5.41) is 24.4. The van der Waals surface area contributed by atoms with Crippen LogP contribution in [0.1, 0.15) is 11.1 Å². The van der Waals surface area contributed by atoms with Gasteiger partial charge in [-0.15, -0.1) is 4.13 Å². The Morgan fingerprint density at radius 2 is 1.55 bits per heavy atom. The second-order valence-electron chi connectivity index (χ2n) is 5.79. The van der Waals surface area contributed by atoms with Crippen LogP contribution in [0.2, 0.25) is 0 Å². The van der Waals surface area contributed by atoms with Gasteiger partial charge in [-0.1, -0.05) is 12.0 Å². The van der Waals surface area contributed by atoms with Crippen molar-refractivity contribution in [1.82, 2.24) is 4.13 Å². The standard InChI is InChI=1S/C18H17N3O8S2/c1-28-17-5-3-13(11-15(17)20(22)23)7-9-30(26)19-31(27)10-8-14-4-6-18(29-2)16(12-14)21(24)25/h3-6,11-12,19H,7,9H2,1-2H3. The lowest BCUT2D eigenvalue weighted by molar-refractivity contribution is -0.385. The van der Waals surface area contributed by atoms with Crippen LogP contribution in [0.4, 0.5) is 11.4 Å². The van der Waals surface area contributed by atoms with Crippen LogP contribution in [0.15, 0.2) is 36.4 Å². The molecule has 0 spiro atoms. The minimum absolute atomic E-state index is 0.0326. The first-order valence-electron chi connectivity index (χ1n) is 8.47. The largest absolute Gasteiger partial charge is 0.490 e. The molecule has 2 atom stereocenters. The van der Waals surface area contributed by atoms with Crippen molar-refractivity contribution in [3.8, 4) is 22.7 Å². The highest BCUT2D eigenvalue weighted by molar-refractivity contribution is 8.00. The minimum Gasteiger partial charge on any atom is -0.490 e. The van der Waals surface area contributed by atoms with Gasteiger partial charge in [-0.25, -0.2) is 8.42 Å². The van der Waals surface area contributed by atoms with Crippen molar-refractivity contribution < 1.29 is 27.7 Å². The van der Waals surface area contributed by atoms with Crippen molar-refractivity contribution >= 4 is 33.3 Å². The van der Waals surface area contributed by atoms with Gasteiger partial charge in [0, 0.05) is 28.7 Å². The number of aryl methyl sites for hydroxylation is 1. The summed E-state index contributed by atoms with van der Waals surface area (Å²) < 4.78 is 36.2. The predicted octanol–water partition coefficient (Wildman–Crippen LogP) is 1.99. The molecule has 0 saturated heterocycles. The second-order valence-corrected chi connectivity index (χ2v) is 8.29. The molecule has 2 aromatic rings. The molecular formula is C18H17N3O8S2. The fourth-order valence-corrected chi connectivity index (χ4v) is 4.21. The van der Waals surface area contributed by atoms with Crippen LogP contribution in [0.3, 0.4) is 0 Å². The van der Waals surface area contributed by atoms with E-state index in [1.165, 1.54) is 44.6 Å². The second kappa shape index (κ2) is 11.2. The fraction of sp³-hybridized carbons (Fsp3) is 0.222. The van der Waals surface area contributed by atoms with Gasteiger partial charge in [0.1, 0.15) is 11.0 Å². The number of rotatable bonds is 9. The van der Waals surface area contributed by atoms with Crippen molar-refractivity contribution in [2.45, 2.75) is 6.42 Å². The molecule has 164 valence electrons. The first-order valence-corrected chi connectivity index (χ1v) is 10.9. The number of benzene rings is 2. The summed E-state index contributed by atoms with van der Waals surface area (Å²) in [6, 6.07) is 8.38. The molecular weight excluding hydrogens is 450 g/mol. The van der Waals surface area contributed by atoms with Crippen LogP contribution in [0.25, 0.3) is 0 Å². The summed E-state index contributed by atoms with van der Waals surface area (Å²) in [6.07, 6.45) is 0.222. The van der Waals surface area contributed by atoms with E-state index >= 15 is 0 Å².